The fraction of sp³-hybridized carbons (Fsp3) is 1.00. The van der Waals surface area contributed by atoms with Gasteiger partial charge in [-0.25, -0.2) is 0 Å². The molecule has 1 N–H and O–H groups in total. The SMILES string of the molecule is CCCC(CCC)(CCC)CCO. The Kier molecular flexibility index (Phi) is 7.35. The smallest absolute Gasteiger partial charge is 0.0436 e. The molecule has 0 aromatic rings. The average Bonchev–Trinajstić information content (AvgIpc) is 2.06. The van der Waals surface area contributed by atoms with Crippen molar-refractivity contribution in [2.45, 2.75) is 65.7 Å². The monoisotopic (exact) mass is 186 g/mol. The summed E-state index contributed by atoms with van der Waals surface area (Å²) in [4.78, 5) is 0. The van der Waals surface area contributed by atoms with Crippen LogP contribution in [-0.2, 0) is 0 Å². The molecule has 0 aliphatic heterocycles. The van der Waals surface area contributed by atoms with Crippen LogP contribution in [0.3, 0.4) is 0 Å². The Balaban J connectivity index is 4.19. The molecule has 1 heteroatoms. The summed E-state index contributed by atoms with van der Waals surface area (Å²) in [5.74, 6) is 0. The van der Waals surface area contributed by atoms with Crippen molar-refractivity contribution in [2.24, 2.45) is 5.41 Å². The highest BCUT2D eigenvalue weighted by Gasteiger charge is 2.26. The van der Waals surface area contributed by atoms with Crippen molar-refractivity contribution in [1.82, 2.24) is 0 Å². The minimum Gasteiger partial charge on any atom is -0.396 e. The molecule has 13 heavy (non-hydrogen) atoms. The van der Waals surface area contributed by atoms with Crippen molar-refractivity contribution >= 4 is 0 Å². The van der Waals surface area contributed by atoms with Crippen LogP contribution < -0.4 is 0 Å². The zero-order valence-electron chi connectivity index (χ0n) is 9.60. The molecule has 0 unspecified atom stereocenters. The summed E-state index contributed by atoms with van der Waals surface area (Å²) in [7, 11) is 0. The summed E-state index contributed by atoms with van der Waals surface area (Å²) in [5.41, 5.74) is 0.451. The van der Waals surface area contributed by atoms with Gasteiger partial charge < -0.3 is 5.11 Å². The van der Waals surface area contributed by atoms with Crippen LogP contribution in [-0.4, -0.2) is 11.7 Å². The third kappa shape index (κ3) is 4.66. The number of hydrogen-bond donors (Lipinski definition) is 1. The fourth-order valence-electron chi connectivity index (χ4n) is 2.58. The van der Waals surface area contributed by atoms with Gasteiger partial charge in [-0.05, 0) is 31.1 Å². The summed E-state index contributed by atoms with van der Waals surface area (Å²) in [5, 5.41) is 9.08. The molecule has 0 atom stereocenters. The van der Waals surface area contributed by atoms with Gasteiger partial charge in [-0.15, -0.1) is 0 Å². The lowest BCUT2D eigenvalue weighted by Crippen LogP contribution is -2.22. The van der Waals surface area contributed by atoms with E-state index in [0.717, 1.165) is 6.42 Å². The number of aliphatic hydroxyl groups is 1. The van der Waals surface area contributed by atoms with Crippen molar-refractivity contribution in [2.75, 3.05) is 6.61 Å². The van der Waals surface area contributed by atoms with Crippen LogP contribution >= 0.6 is 0 Å². The number of aliphatic hydroxyl groups excluding tert-OH is 1. The molecule has 0 aromatic carbocycles. The largest absolute Gasteiger partial charge is 0.396 e. The molecule has 0 aromatic heterocycles. The van der Waals surface area contributed by atoms with E-state index in [1.165, 1.54) is 38.5 Å². The van der Waals surface area contributed by atoms with Crippen LogP contribution in [0, 0.1) is 5.41 Å². The normalized spacial score (nSPS) is 12.0. The van der Waals surface area contributed by atoms with E-state index in [0.29, 0.717) is 12.0 Å². The molecular weight excluding hydrogens is 160 g/mol. The van der Waals surface area contributed by atoms with Gasteiger partial charge >= 0.3 is 0 Å². The molecule has 0 amide bonds. The molecule has 0 heterocycles. The van der Waals surface area contributed by atoms with Gasteiger partial charge in [0.2, 0.25) is 0 Å². The van der Waals surface area contributed by atoms with Crippen molar-refractivity contribution in [3.8, 4) is 0 Å². The van der Waals surface area contributed by atoms with Crippen LogP contribution in [0.2, 0.25) is 0 Å². The Morgan fingerprint density at radius 2 is 1.15 bits per heavy atom. The molecule has 0 bridgehead atoms. The van der Waals surface area contributed by atoms with Crippen LogP contribution in [0.4, 0.5) is 0 Å². The van der Waals surface area contributed by atoms with Gasteiger partial charge in [0.1, 0.15) is 0 Å². The first kappa shape index (κ1) is 13.0. The Bertz CT molecular complexity index is 80.2. The predicted octanol–water partition coefficient (Wildman–Crippen LogP) is 3.76. The molecule has 0 aliphatic rings. The van der Waals surface area contributed by atoms with E-state index in [9.17, 15) is 0 Å². The quantitative estimate of drug-likeness (QED) is 0.612. The Morgan fingerprint density at radius 3 is 1.38 bits per heavy atom. The molecule has 0 spiro atoms. The lowest BCUT2D eigenvalue weighted by molar-refractivity contribution is 0.141. The minimum atomic E-state index is 0.361. The van der Waals surface area contributed by atoms with Gasteiger partial charge in [0, 0.05) is 6.61 Å². The van der Waals surface area contributed by atoms with Gasteiger partial charge in [-0.1, -0.05) is 40.0 Å². The van der Waals surface area contributed by atoms with Gasteiger partial charge in [0.25, 0.3) is 0 Å². The fourth-order valence-corrected chi connectivity index (χ4v) is 2.58. The third-order valence-corrected chi connectivity index (χ3v) is 2.98. The Labute approximate surface area is 83.5 Å². The van der Waals surface area contributed by atoms with E-state index in [4.69, 9.17) is 5.11 Å². The van der Waals surface area contributed by atoms with Crippen LogP contribution in [0.5, 0.6) is 0 Å². The van der Waals surface area contributed by atoms with Gasteiger partial charge in [-0.3, -0.25) is 0 Å². The van der Waals surface area contributed by atoms with E-state index in [2.05, 4.69) is 20.8 Å². The minimum absolute atomic E-state index is 0.361. The van der Waals surface area contributed by atoms with Crippen molar-refractivity contribution in [3.05, 3.63) is 0 Å². The van der Waals surface area contributed by atoms with Crippen molar-refractivity contribution < 1.29 is 5.11 Å². The topological polar surface area (TPSA) is 20.2 Å². The van der Waals surface area contributed by atoms with E-state index >= 15 is 0 Å². The van der Waals surface area contributed by atoms with Gasteiger partial charge in [0.15, 0.2) is 0 Å². The van der Waals surface area contributed by atoms with Crippen LogP contribution in [0.25, 0.3) is 0 Å². The predicted molar refractivity (Wildman–Crippen MR) is 58.9 cm³/mol. The first-order chi connectivity index (χ1) is 6.24. The Morgan fingerprint density at radius 1 is 0.769 bits per heavy atom. The lowest BCUT2D eigenvalue weighted by Gasteiger charge is -2.33. The maximum absolute atomic E-state index is 9.08. The third-order valence-electron chi connectivity index (χ3n) is 2.98. The maximum Gasteiger partial charge on any atom is 0.0436 e. The zero-order valence-corrected chi connectivity index (χ0v) is 9.60. The second-order valence-electron chi connectivity index (χ2n) is 4.22. The second-order valence-corrected chi connectivity index (χ2v) is 4.22. The van der Waals surface area contributed by atoms with E-state index in [1.54, 1.807) is 0 Å². The van der Waals surface area contributed by atoms with Gasteiger partial charge in [0.05, 0.1) is 0 Å². The zero-order chi connectivity index (χ0) is 10.2. The highest BCUT2D eigenvalue weighted by molar-refractivity contribution is 4.77. The summed E-state index contributed by atoms with van der Waals surface area (Å²) < 4.78 is 0. The molecular formula is C12H26O. The standard InChI is InChI=1S/C12H26O/c1-4-7-12(8-5-2,9-6-3)10-11-13/h13H,4-11H2,1-3H3. The van der Waals surface area contributed by atoms with Gasteiger partial charge in [-0.2, -0.15) is 0 Å². The summed E-state index contributed by atoms with van der Waals surface area (Å²) in [6, 6.07) is 0. The summed E-state index contributed by atoms with van der Waals surface area (Å²) >= 11 is 0. The van der Waals surface area contributed by atoms with Crippen molar-refractivity contribution in [1.29, 1.82) is 0 Å². The molecule has 0 radical (unpaired) electrons. The number of hydrogen-bond acceptors (Lipinski definition) is 1. The molecule has 80 valence electrons. The van der Waals surface area contributed by atoms with E-state index < -0.39 is 0 Å². The summed E-state index contributed by atoms with van der Waals surface area (Å²) in [6.07, 6.45) is 8.61. The maximum atomic E-state index is 9.08. The molecule has 0 fully saturated rings. The molecule has 0 saturated carbocycles. The molecule has 1 nitrogen and oxygen atoms in total. The van der Waals surface area contributed by atoms with E-state index in [1.807, 2.05) is 0 Å². The van der Waals surface area contributed by atoms with Crippen LogP contribution in [0.1, 0.15) is 65.7 Å². The average molecular weight is 186 g/mol. The molecule has 0 saturated heterocycles. The highest BCUT2D eigenvalue weighted by Crippen LogP contribution is 2.38. The van der Waals surface area contributed by atoms with Crippen molar-refractivity contribution in [3.63, 3.8) is 0 Å². The second kappa shape index (κ2) is 7.37. The number of rotatable bonds is 8. The molecule has 0 rings (SSSR count). The van der Waals surface area contributed by atoms with Crippen LogP contribution in [0.15, 0.2) is 0 Å². The highest BCUT2D eigenvalue weighted by atomic mass is 16.3. The Hall–Kier alpha value is -0.0400. The molecule has 0 aliphatic carbocycles. The lowest BCUT2D eigenvalue weighted by atomic mass is 9.73. The first-order valence-corrected chi connectivity index (χ1v) is 5.85. The first-order valence-electron chi connectivity index (χ1n) is 5.85. The van der Waals surface area contributed by atoms with E-state index in [-0.39, 0.29) is 0 Å². The summed E-state index contributed by atoms with van der Waals surface area (Å²) in [6.45, 7) is 7.10.